The summed E-state index contributed by atoms with van der Waals surface area (Å²) in [5.74, 6) is -5.25. The Morgan fingerprint density at radius 2 is 1.30 bits per heavy atom. The van der Waals surface area contributed by atoms with E-state index in [9.17, 15) is 14.4 Å². The summed E-state index contributed by atoms with van der Waals surface area (Å²) in [6.07, 6.45) is 0. The highest BCUT2D eigenvalue weighted by atomic mass is 35.5. The summed E-state index contributed by atoms with van der Waals surface area (Å²) >= 11 is 57.6. The van der Waals surface area contributed by atoms with Gasteiger partial charge in [0.15, 0.2) is 4.33 Å². The topological polar surface area (TPSA) is 57.7 Å². The first-order valence-electron chi connectivity index (χ1n) is 10.4. The lowest BCUT2D eigenvalue weighted by Gasteiger charge is -2.37. The van der Waals surface area contributed by atoms with Crippen molar-refractivity contribution in [1.29, 1.82) is 0 Å². The Kier molecular flexibility index (Phi) is 6.97. The van der Waals surface area contributed by atoms with Crippen LogP contribution >= 0.6 is 104 Å². The molecule has 2 aromatic carbocycles. The summed E-state index contributed by atoms with van der Waals surface area (Å²) in [5, 5.41) is 2.05. The highest BCUT2D eigenvalue weighted by Crippen LogP contribution is 2.77. The number of allylic oxidation sites excluding steroid dienone is 2. The van der Waals surface area contributed by atoms with E-state index >= 15 is 0 Å². The normalized spacial score (nSPS) is 29.8. The molecule has 5 nitrogen and oxygen atoms in total. The number of halogens is 9. The molecule has 2 aromatic rings. The number of amides is 3. The Labute approximate surface area is 255 Å². The molecule has 0 unspecified atom stereocenters. The maximum atomic E-state index is 13.9. The quantitative estimate of drug-likeness (QED) is 0.246. The van der Waals surface area contributed by atoms with Crippen molar-refractivity contribution >= 4 is 122 Å². The number of carbonyl (C=O) groups is 3. The molecule has 0 aromatic heterocycles. The molecule has 194 valence electrons. The van der Waals surface area contributed by atoms with Crippen molar-refractivity contribution in [3.8, 4) is 0 Å². The summed E-state index contributed by atoms with van der Waals surface area (Å²) in [4.78, 5) is 37.4. The zero-order chi connectivity index (χ0) is 27.2. The van der Waals surface area contributed by atoms with E-state index in [4.69, 9.17) is 104 Å². The van der Waals surface area contributed by atoms with E-state index in [1.807, 2.05) is 0 Å². The molecule has 4 atom stereocenters. The number of hydrogen-bond acceptors (Lipinski definition) is 3. The van der Waals surface area contributed by atoms with Gasteiger partial charge in [0.1, 0.15) is 9.75 Å². The van der Waals surface area contributed by atoms with Crippen LogP contribution in [0.1, 0.15) is 15.9 Å². The molecule has 1 heterocycles. The molecule has 3 aliphatic rings. The molecule has 2 fully saturated rings. The third-order valence-electron chi connectivity index (χ3n) is 6.77. The Morgan fingerprint density at radius 3 is 1.78 bits per heavy atom. The number of nitrogens with zero attached hydrogens (tertiary/aromatic N) is 2. The van der Waals surface area contributed by atoms with Crippen LogP contribution in [0.3, 0.4) is 0 Å². The van der Waals surface area contributed by atoms with Crippen LogP contribution in [-0.4, -0.2) is 41.8 Å². The summed E-state index contributed by atoms with van der Waals surface area (Å²) in [7, 11) is 0. The molecule has 1 aliphatic heterocycles. The average Bonchev–Trinajstić information content (AvgIpc) is 3.23. The highest BCUT2D eigenvalue weighted by Gasteiger charge is 2.88. The summed E-state index contributed by atoms with van der Waals surface area (Å²) in [5.41, 5.74) is 0.612. The van der Waals surface area contributed by atoms with Crippen LogP contribution in [0.15, 0.2) is 52.5 Å². The maximum Gasteiger partial charge on any atom is 0.273 e. The first kappa shape index (κ1) is 27.9. The zero-order valence-electron chi connectivity index (χ0n) is 17.9. The summed E-state index contributed by atoms with van der Waals surface area (Å²) in [6, 6.07) is 10.5. The number of fused-ring (bicyclic) bond motifs is 5. The molecule has 3 amide bonds. The molecule has 2 bridgehead atoms. The van der Waals surface area contributed by atoms with Crippen molar-refractivity contribution in [2.75, 3.05) is 0 Å². The number of rotatable bonds is 4. The van der Waals surface area contributed by atoms with Gasteiger partial charge in [-0.3, -0.25) is 14.4 Å². The number of imide groups is 1. The number of benzene rings is 2. The Hall–Kier alpha value is -0.600. The van der Waals surface area contributed by atoms with Gasteiger partial charge >= 0.3 is 0 Å². The van der Waals surface area contributed by atoms with Crippen molar-refractivity contribution in [1.82, 2.24) is 10.0 Å². The smallest absolute Gasteiger partial charge is 0.272 e. The van der Waals surface area contributed by atoms with E-state index in [1.165, 1.54) is 36.4 Å². The Balaban J connectivity index is 1.62. The molecule has 0 N–H and O–H groups in total. The molecule has 1 saturated heterocycles. The van der Waals surface area contributed by atoms with E-state index in [2.05, 4.69) is 0 Å². The van der Waals surface area contributed by atoms with Gasteiger partial charge in [0.25, 0.3) is 17.7 Å². The molecule has 1 saturated carbocycles. The average molecular weight is 682 g/mol. The van der Waals surface area contributed by atoms with E-state index in [0.717, 1.165) is 5.01 Å². The molecule has 2 aliphatic carbocycles. The molecule has 37 heavy (non-hydrogen) atoms. The standard InChI is InChI=1S/C23H11Cl9N2O3/c24-11-4-2-10(3-5-11)18(35)33(8-9-1-6-12(25)13(26)7-9)34-19(36)14-15(20(34)37)22(30)17(28)16(27)21(14,29)23(22,31)32/h1-7,14-15H,8H2/t14-,15-,21+,22+/m0/s1. The number of hydrazine groups is 1. The third kappa shape index (κ3) is 3.62. The zero-order valence-corrected chi connectivity index (χ0v) is 24.7. The predicted octanol–water partition coefficient (Wildman–Crippen LogP) is 7.65. The van der Waals surface area contributed by atoms with Crippen molar-refractivity contribution in [3.63, 3.8) is 0 Å². The molecule has 5 rings (SSSR count). The van der Waals surface area contributed by atoms with Gasteiger partial charge in [0, 0.05) is 10.6 Å². The fraction of sp³-hybridized carbons (Fsp3) is 0.261. The lowest BCUT2D eigenvalue weighted by Crippen LogP contribution is -2.55. The number of hydrogen-bond donors (Lipinski definition) is 0. The first-order valence-corrected chi connectivity index (χ1v) is 13.8. The SMILES string of the molecule is O=C(c1ccc(Cl)cc1)N(Cc1ccc(Cl)c(Cl)c1)N1C(=O)[C@@H]2[C@@H](C1=O)[C@@]1(Cl)C(Cl)=C(Cl)[C@@]2(Cl)C1(Cl)Cl. The van der Waals surface area contributed by atoms with Crippen molar-refractivity contribution < 1.29 is 14.4 Å². The number of carbonyl (C=O) groups excluding carboxylic acids is 3. The summed E-state index contributed by atoms with van der Waals surface area (Å²) < 4.78 is -2.10. The lowest BCUT2D eigenvalue weighted by molar-refractivity contribution is -0.156. The second kappa shape index (κ2) is 9.22. The molecular formula is C23H11Cl9N2O3. The van der Waals surface area contributed by atoms with Gasteiger partial charge in [-0.05, 0) is 42.0 Å². The highest BCUT2D eigenvalue weighted by molar-refractivity contribution is 6.66. The molecular weight excluding hydrogens is 671 g/mol. The van der Waals surface area contributed by atoms with Gasteiger partial charge in [-0.15, -0.1) is 23.2 Å². The van der Waals surface area contributed by atoms with Gasteiger partial charge in [0.2, 0.25) is 0 Å². The van der Waals surface area contributed by atoms with Gasteiger partial charge < -0.3 is 0 Å². The number of alkyl halides is 4. The van der Waals surface area contributed by atoms with Crippen molar-refractivity contribution in [2.24, 2.45) is 11.8 Å². The van der Waals surface area contributed by atoms with Crippen LogP contribution in [0.5, 0.6) is 0 Å². The van der Waals surface area contributed by atoms with E-state index in [-0.39, 0.29) is 32.2 Å². The van der Waals surface area contributed by atoms with Crippen LogP contribution in [0.2, 0.25) is 15.1 Å². The Bertz CT molecular complexity index is 1370. The van der Waals surface area contributed by atoms with Gasteiger partial charge in [-0.1, -0.05) is 87.3 Å². The third-order valence-corrected chi connectivity index (χ3v) is 12.0. The van der Waals surface area contributed by atoms with Crippen molar-refractivity contribution in [3.05, 3.63) is 78.7 Å². The lowest BCUT2D eigenvalue weighted by atomic mass is 9.84. The minimum Gasteiger partial charge on any atom is -0.272 e. The second-order valence-electron chi connectivity index (χ2n) is 8.69. The van der Waals surface area contributed by atoms with Crippen LogP contribution in [0.25, 0.3) is 0 Å². The van der Waals surface area contributed by atoms with Crippen LogP contribution < -0.4 is 0 Å². The van der Waals surface area contributed by atoms with Gasteiger partial charge in [-0.25, -0.2) is 5.01 Å². The minimum absolute atomic E-state index is 0.143. The van der Waals surface area contributed by atoms with E-state index < -0.39 is 43.6 Å². The maximum absolute atomic E-state index is 13.9. The summed E-state index contributed by atoms with van der Waals surface area (Å²) in [6.45, 7) is -0.248. The molecule has 0 spiro atoms. The van der Waals surface area contributed by atoms with Crippen LogP contribution in [0.4, 0.5) is 0 Å². The molecule has 0 radical (unpaired) electrons. The van der Waals surface area contributed by atoms with Crippen molar-refractivity contribution in [2.45, 2.75) is 20.6 Å². The fourth-order valence-corrected chi connectivity index (χ4v) is 8.38. The first-order chi connectivity index (χ1) is 17.2. The van der Waals surface area contributed by atoms with Crippen LogP contribution in [-0.2, 0) is 16.1 Å². The predicted molar refractivity (Wildman–Crippen MR) is 147 cm³/mol. The largest absolute Gasteiger partial charge is 0.273 e. The minimum atomic E-state index is -2.10. The fourth-order valence-electron chi connectivity index (χ4n) is 5.00. The van der Waals surface area contributed by atoms with E-state index in [1.54, 1.807) is 6.07 Å². The van der Waals surface area contributed by atoms with E-state index in [0.29, 0.717) is 15.6 Å². The van der Waals surface area contributed by atoms with Crippen LogP contribution in [0, 0.1) is 11.8 Å². The van der Waals surface area contributed by atoms with Gasteiger partial charge in [-0.2, -0.15) is 5.01 Å². The van der Waals surface area contributed by atoms with Gasteiger partial charge in [0.05, 0.1) is 38.5 Å². The monoisotopic (exact) mass is 678 g/mol. The second-order valence-corrected chi connectivity index (χ2v) is 13.2. The Morgan fingerprint density at radius 1 is 0.784 bits per heavy atom. The molecule has 14 heteroatoms.